The van der Waals surface area contributed by atoms with Crippen molar-refractivity contribution >= 4 is 17.5 Å². The highest BCUT2D eigenvalue weighted by Gasteiger charge is 2.18. The Kier molecular flexibility index (Phi) is 5.81. The van der Waals surface area contributed by atoms with Crippen LogP contribution < -0.4 is 16.2 Å². The number of hydrazine groups is 1. The third-order valence-electron chi connectivity index (χ3n) is 4.11. The van der Waals surface area contributed by atoms with E-state index < -0.39 is 0 Å². The molecule has 0 aliphatic heterocycles. The van der Waals surface area contributed by atoms with Crippen LogP contribution in [-0.4, -0.2) is 18.4 Å². The lowest BCUT2D eigenvalue weighted by Gasteiger charge is -2.12. The number of hydrogen-bond acceptors (Lipinski definition) is 3. The molecule has 0 heterocycles. The van der Waals surface area contributed by atoms with Crippen LogP contribution in [0.25, 0.3) is 0 Å². The summed E-state index contributed by atoms with van der Waals surface area (Å²) in [5.74, 6) is 0.122. The van der Waals surface area contributed by atoms with Gasteiger partial charge in [0.25, 0.3) is 5.91 Å². The third kappa shape index (κ3) is 5.06. The second-order valence-corrected chi connectivity index (χ2v) is 6.12. The zero-order valence-electron chi connectivity index (χ0n) is 13.4. The molecule has 0 saturated heterocycles. The highest BCUT2D eigenvalue weighted by molar-refractivity contribution is 5.84. The van der Waals surface area contributed by atoms with Crippen LogP contribution >= 0.6 is 0 Å². The zero-order valence-corrected chi connectivity index (χ0v) is 13.4. The maximum Gasteiger partial charge on any atom is 0.257 e. The molecule has 1 aliphatic carbocycles. The first-order chi connectivity index (χ1) is 10.5. The van der Waals surface area contributed by atoms with Gasteiger partial charge in [-0.25, -0.2) is 0 Å². The van der Waals surface area contributed by atoms with Gasteiger partial charge in [-0.15, -0.1) is 0 Å². The van der Waals surface area contributed by atoms with Crippen molar-refractivity contribution in [3.63, 3.8) is 0 Å². The third-order valence-corrected chi connectivity index (χ3v) is 4.11. The molecular formula is C17H25N3O2. The largest absolute Gasteiger partial charge is 0.376 e. The van der Waals surface area contributed by atoms with E-state index in [4.69, 9.17) is 0 Å². The summed E-state index contributed by atoms with van der Waals surface area (Å²) in [6.07, 6.45) is 5.17. The van der Waals surface area contributed by atoms with Crippen LogP contribution in [0.1, 0.15) is 43.2 Å². The molecule has 3 N–H and O–H groups in total. The Morgan fingerprint density at radius 1 is 1.09 bits per heavy atom. The second-order valence-electron chi connectivity index (χ2n) is 6.12. The van der Waals surface area contributed by atoms with Crippen molar-refractivity contribution < 1.29 is 9.59 Å². The summed E-state index contributed by atoms with van der Waals surface area (Å²) in [7, 11) is 0. The van der Waals surface area contributed by atoms with Crippen LogP contribution in [-0.2, 0) is 9.59 Å². The number of rotatable bonds is 5. The van der Waals surface area contributed by atoms with Gasteiger partial charge >= 0.3 is 0 Å². The Morgan fingerprint density at radius 3 is 2.45 bits per heavy atom. The molecule has 1 fully saturated rings. The molecule has 1 aromatic carbocycles. The van der Waals surface area contributed by atoms with Crippen LogP contribution in [0.2, 0.25) is 0 Å². The van der Waals surface area contributed by atoms with E-state index in [0.29, 0.717) is 12.3 Å². The highest BCUT2D eigenvalue weighted by Crippen LogP contribution is 2.27. The fourth-order valence-corrected chi connectivity index (χ4v) is 2.90. The SMILES string of the molecule is Cc1ccc(NCC(=O)NNC(=O)CC2CCCC2)c(C)c1. The van der Waals surface area contributed by atoms with Gasteiger partial charge in [0.1, 0.15) is 0 Å². The molecule has 120 valence electrons. The van der Waals surface area contributed by atoms with E-state index in [1.54, 1.807) is 0 Å². The van der Waals surface area contributed by atoms with Gasteiger partial charge in [-0.3, -0.25) is 20.4 Å². The fraction of sp³-hybridized carbons (Fsp3) is 0.529. The molecule has 2 amide bonds. The van der Waals surface area contributed by atoms with Gasteiger partial charge in [0, 0.05) is 12.1 Å². The lowest BCUT2D eigenvalue weighted by Crippen LogP contribution is -2.44. The van der Waals surface area contributed by atoms with Crippen LogP contribution in [0, 0.1) is 19.8 Å². The predicted octanol–water partition coefficient (Wildman–Crippen LogP) is 2.44. The monoisotopic (exact) mass is 303 g/mol. The van der Waals surface area contributed by atoms with E-state index in [1.807, 2.05) is 26.0 Å². The van der Waals surface area contributed by atoms with E-state index in [9.17, 15) is 9.59 Å². The van der Waals surface area contributed by atoms with Crippen LogP contribution in [0.15, 0.2) is 18.2 Å². The summed E-state index contributed by atoms with van der Waals surface area (Å²) < 4.78 is 0. The molecule has 1 saturated carbocycles. The molecule has 0 unspecified atom stereocenters. The average molecular weight is 303 g/mol. The summed E-state index contributed by atoms with van der Waals surface area (Å²) in [4.78, 5) is 23.5. The van der Waals surface area contributed by atoms with Gasteiger partial charge in [0.2, 0.25) is 5.91 Å². The molecule has 0 aromatic heterocycles. The molecule has 0 bridgehead atoms. The predicted molar refractivity (Wildman–Crippen MR) is 87.3 cm³/mol. The van der Waals surface area contributed by atoms with Gasteiger partial charge < -0.3 is 5.32 Å². The first-order valence-corrected chi connectivity index (χ1v) is 7.93. The molecule has 22 heavy (non-hydrogen) atoms. The van der Waals surface area contributed by atoms with Crippen LogP contribution in [0.3, 0.4) is 0 Å². The van der Waals surface area contributed by atoms with E-state index in [1.165, 1.54) is 18.4 Å². The first kappa shape index (κ1) is 16.3. The van der Waals surface area contributed by atoms with Crippen molar-refractivity contribution in [2.24, 2.45) is 5.92 Å². The minimum Gasteiger partial charge on any atom is -0.376 e. The van der Waals surface area contributed by atoms with Gasteiger partial charge in [0.15, 0.2) is 0 Å². The Labute approximate surface area is 131 Å². The summed E-state index contributed by atoms with van der Waals surface area (Å²) in [6.45, 7) is 4.16. The smallest absolute Gasteiger partial charge is 0.257 e. The van der Waals surface area contributed by atoms with Gasteiger partial charge in [0.05, 0.1) is 6.54 Å². The van der Waals surface area contributed by atoms with Crippen molar-refractivity contribution in [2.75, 3.05) is 11.9 Å². The minimum atomic E-state index is -0.250. The van der Waals surface area contributed by atoms with E-state index in [-0.39, 0.29) is 18.4 Å². The first-order valence-electron chi connectivity index (χ1n) is 7.93. The van der Waals surface area contributed by atoms with Crippen molar-refractivity contribution in [3.8, 4) is 0 Å². The number of amides is 2. The molecule has 5 heteroatoms. The zero-order chi connectivity index (χ0) is 15.9. The molecule has 0 atom stereocenters. The Hall–Kier alpha value is -2.04. The van der Waals surface area contributed by atoms with Crippen molar-refractivity contribution in [2.45, 2.75) is 46.0 Å². The average Bonchev–Trinajstić information content (AvgIpc) is 2.97. The van der Waals surface area contributed by atoms with Crippen LogP contribution in [0.4, 0.5) is 5.69 Å². The molecule has 0 radical (unpaired) electrons. The van der Waals surface area contributed by atoms with Gasteiger partial charge in [-0.2, -0.15) is 0 Å². The minimum absolute atomic E-state index is 0.105. The maximum absolute atomic E-state index is 11.7. The number of carbonyl (C=O) groups is 2. The molecule has 5 nitrogen and oxygen atoms in total. The lowest BCUT2D eigenvalue weighted by molar-refractivity contribution is -0.128. The molecular weight excluding hydrogens is 278 g/mol. The Bertz CT molecular complexity index is 537. The second kappa shape index (κ2) is 7.82. The quantitative estimate of drug-likeness (QED) is 0.732. The molecule has 2 rings (SSSR count). The number of anilines is 1. The number of nitrogens with one attached hydrogen (secondary N) is 3. The van der Waals surface area contributed by atoms with Crippen molar-refractivity contribution in [1.29, 1.82) is 0 Å². The highest BCUT2D eigenvalue weighted by atomic mass is 16.2. The van der Waals surface area contributed by atoms with Gasteiger partial charge in [-0.05, 0) is 44.2 Å². The number of benzene rings is 1. The fourth-order valence-electron chi connectivity index (χ4n) is 2.90. The van der Waals surface area contributed by atoms with E-state index in [2.05, 4.69) is 22.2 Å². The summed E-state index contributed by atoms with van der Waals surface area (Å²) >= 11 is 0. The standard InChI is InChI=1S/C17H25N3O2/c1-12-7-8-15(13(2)9-12)18-11-17(22)20-19-16(21)10-14-5-3-4-6-14/h7-9,14,18H,3-6,10-11H2,1-2H3,(H,19,21)(H,20,22). The van der Waals surface area contributed by atoms with Crippen LogP contribution in [0.5, 0.6) is 0 Å². The Morgan fingerprint density at radius 2 is 1.77 bits per heavy atom. The van der Waals surface area contributed by atoms with E-state index in [0.717, 1.165) is 24.1 Å². The summed E-state index contributed by atoms with van der Waals surface area (Å²) in [5.41, 5.74) is 8.16. The topological polar surface area (TPSA) is 70.2 Å². The summed E-state index contributed by atoms with van der Waals surface area (Å²) in [5, 5.41) is 3.07. The number of carbonyl (C=O) groups excluding carboxylic acids is 2. The summed E-state index contributed by atoms with van der Waals surface area (Å²) in [6, 6.07) is 6.01. The maximum atomic E-state index is 11.7. The number of aryl methyl sites for hydroxylation is 2. The van der Waals surface area contributed by atoms with Gasteiger partial charge in [-0.1, -0.05) is 30.5 Å². The molecule has 1 aromatic rings. The Balaban J connectivity index is 1.68. The number of hydrogen-bond donors (Lipinski definition) is 3. The van der Waals surface area contributed by atoms with Crippen molar-refractivity contribution in [3.05, 3.63) is 29.3 Å². The molecule has 1 aliphatic rings. The van der Waals surface area contributed by atoms with Crippen molar-refractivity contribution in [1.82, 2.24) is 10.9 Å². The lowest BCUT2D eigenvalue weighted by atomic mass is 10.0. The van der Waals surface area contributed by atoms with E-state index >= 15 is 0 Å². The normalized spacial score (nSPS) is 14.6. The molecule has 0 spiro atoms.